The van der Waals surface area contributed by atoms with Crippen molar-refractivity contribution in [3.8, 4) is 0 Å². The molecule has 1 unspecified atom stereocenters. The summed E-state index contributed by atoms with van der Waals surface area (Å²) in [7, 11) is 0. The number of rotatable bonds is 5. The summed E-state index contributed by atoms with van der Waals surface area (Å²) in [5.74, 6) is -0.145. The standard InChI is InChI=1S/C17H21FN2S/c1-4-15-11(3)21-17(20-15)16(19-13-6-7-13)12-5-8-14(18)10(2)9-12/h5,8-9,13,16,19H,4,6-7H2,1-3H3. The molecule has 4 heteroatoms. The Morgan fingerprint density at radius 1 is 1.38 bits per heavy atom. The zero-order valence-corrected chi connectivity index (χ0v) is 13.6. The molecular formula is C17H21FN2S. The predicted octanol–water partition coefficient (Wildman–Crippen LogP) is 4.30. The van der Waals surface area contributed by atoms with Crippen LogP contribution in [-0.2, 0) is 6.42 Å². The van der Waals surface area contributed by atoms with Crippen molar-refractivity contribution in [2.45, 2.75) is 52.1 Å². The summed E-state index contributed by atoms with van der Waals surface area (Å²) in [6.45, 7) is 6.08. The molecule has 1 aliphatic rings. The largest absolute Gasteiger partial charge is 0.301 e. The van der Waals surface area contributed by atoms with Crippen LogP contribution in [0.4, 0.5) is 4.39 Å². The first-order chi connectivity index (χ1) is 10.1. The third kappa shape index (κ3) is 3.16. The molecule has 1 atom stereocenters. The minimum atomic E-state index is -0.145. The van der Waals surface area contributed by atoms with Gasteiger partial charge in [-0.3, -0.25) is 0 Å². The Morgan fingerprint density at radius 2 is 2.14 bits per heavy atom. The molecule has 1 aromatic heterocycles. The SMILES string of the molecule is CCc1nc(C(NC2CC2)c2ccc(F)c(C)c2)sc1C. The highest BCUT2D eigenvalue weighted by atomic mass is 32.1. The van der Waals surface area contributed by atoms with Gasteiger partial charge in [0.15, 0.2) is 0 Å². The van der Waals surface area contributed by atoms with Gasteiger partial charge in [-0.15, -0.1) is 11.3 Å². The van der Waals surface area contributed by atoms with Crippen LogP contribution in [0, 0.1) is 19.7 Å². The average Bonchev–Trinajstić information content (AvgIpc) is 3.21. The van der Waals surface area contributed by atoms with Crippen LogP contribution in [0.3, 0.4) is 0 Å². The number of benzene rings is 1. The van der Waals surface area contributed by atoms with Crippen molar-refractivity contribution in [1.82, 2.24) is 10.3 Å². The first kappa shape index (κ1) is 14.7. The van der Waals surface area contributed by atoms with Gasteiger partial charge in [0.25, 0.3) is 0 Å². The van der Waals surface area contributed by atoms with Crippen molar-refractivity contribution in [1.29, 1.82) is 0 Å². The summed E-state index contributed by atoms with van der Waals surface area (Å²) in [6.07, 6.45) is 3.41. The van der Waals surface area contributed by atoms with E-state index in [1.165, 1.54) is 23.4 Å². The normalized spacial score (nSPS) is 16.2. The smallest absolute Gasteiger partial charge is 0.126 e. The molecule has 0 spiro atoms. The molecule has 2 nitrogen and oxygen atoms in total. The van der Waals surface area contributed by atoms with E-state index in [1.54, 1.807) is 17.4 Å². The lowest BCUT2D eigenvalue weighted by atomic mass is 10.0. The van der Waals surface area contributed by atoms with Gasteiger partial charge < -0.3 is 5.32 Å². The number of thiazole rings is 1. The van der Waals surface area contributed by atoms with Crippen LogP contribution in [-0.4, -0.2) is 11.0 Å². The maximum Gasteiger partial charge on any atom is 0.126 e. The lowest BCUT2D eigenvalue weighted by Gasteiger charge is -2.17. The lowest BCUT2D eigenvalue weighted by Crippen LogP contribution is -2.24. The molecule has 1 heterocycles. The van der Waals surface area contributed by atoms with Gasteiger partial charge in [-0.2, -0.15) is 0 Å². The number of nitrogens with one attached hydrogen (secondary N) is 1. The Kier molecular flexibility index (Phi) is 4.09. The van der Waals surface area contributed by atoms with Crippen molar-refractivity contribution >= 4 is 11.3 Å². The second-order valence-electron chi connectivity index (χ2n) is 5.79. The molecule has 2 aromatic rings. The van der Waals surface area contributed by atoms with Crippen molar-refractivity contribution in [3.63, 3.8) is 0 Å². The van der Waals surface area contributed by atoms with Crippen molar-refractivity contribution in [2.24, 2.45) is 0 Å². The number of hydrogen-bond donors (Lipinski definition) is 1. The van der Waals surface area contributed by atoms with Gasteiger partial charge in [-0.1, -0.05) is 19.1 Å². The second-order valence-corrected chi connectivity index (χ2v) is 7.03. The van der Waals surface area contributed by atoms with E-state index in [0.29, 0.717) is 11.6 Å². The van der Waals surface area contributed by atoms with Crippen LogP contribution in [0.2, 0.25) is 0 Å². The van der Waals surface area contributed by atoms with Crippen LogP contribution in [0.15, 0.2) is 18.2 Å². The molecule has 1 saturated carbocycles. The first-order valence-corrected chi connectivity index (χ1v) is 8.38. The van der Waals surface area contributed by atoms with Crippen molar-refractivity contribution < 1.29 is 4.39 Å². The monoisotopic (exact) mass is 304 g/mol. The molecule has 0 aliphatic heterocycles. The third-order valence-electron chi connectivity index (χ3n) is 3.99. The van der Waals surface area contributed by atoms with E-state index in [-0.39, 0.29) is 11.9 Å². The van der Waals surface area contributed by atoms with Gasteiger partial charge in [0, 0.05) is 10.9 Å². The molecule has 0 radical (unpaired) electrons. The fourth-order valence-corrected chi connectivity index (χ4v) is 3.64. The van der Waals surface area contributed by atoms with E-state index in [1.807, 2.05) is 19.1 Å². The Balaban J connectivity index is 1.97. The topological polar surface area (TPSA) is 24.9 Å². The average molecular weight is 304 g/mol. The van der Waals surface area contributed by atoms with E-state index in [0.717, 1.165) is 17.0 Å². The summed E-state index contributed by atoms with van der Waals surface area (Å²) in [4.78, 5) is 6.09. The zero-order valence-electron chi connectivity index (χ0n) is 12.7. The molecule has 1 N–H and O–H groups in total. The summed E-state index contributed by atoms with van der Waals surface area (Å²) >= 11 is 1.75. The van der Waals surface area contributed by atoms with Gasteiger partial charge in [0.2, 0.25) is 0 Å². The molecule has 0 bridgehead atoms. The first-order valence-electron chi connectivity index (χ1n) is 7.56. The highest BCUT2D eigenvalue weighted by molar-refractivity contribution is 7.11. The Morgan fingerprint density at radius 3 is 2.71 bits per heavy atom. The molecule has 0 amide bonds. The minimum Gasteiger partial charge on any atom is -0.301 e. The Hall–Kier alpha value is -1.26. The van der Waals surface area contributed by atoms with Gasteiger partial charge >= 0.3 is 0 Å². The quantitative estimate of drug-likeness (QED) is 0.890. The Bertz CT molecular complexity index is 646. The highest BCUT2D eigenvalue weighted by Crippen LogP contribution is 2.32. The summed E-state index contributed by atoms with van der Waals surface area (Å²) < 4.78 is 13.5. The molecule has 1 fully saturated rings. The van der Waals surface area contributed by atoms with E-state index < -0.39 is 0 Å². The predicted molar refractivity (Wildman–Crippen MR) is 85.4 cm³/mol. The van der Waals surface area contributed by atoms with Crippen LogP contribution in [0.1, 0.15) is 52.5 Å². The number of aryl methyl sites for hydroxylation is 3. The number of nitrogens with zero attached hydrogens (tertiary/aromatic N) is 1. The zero-order chi connectivity index (χ0) is 15.0. The summed E-state index contributed by atoms with van der Waals surface area (Å²) in [6, 6.07) is 6.05. The molecule has 1 aromatic carbocycles. The van der Waals surface area contributed by atoms with Crippen molar-refractivity contribution in [2.75, 3.05) is 0 Å². The van der Waals surface area contributed by atoms with Gasteiger partial charge in [0.1, 0.15) is 10.8 Å². The third-order valence-corrected chi connectivity index (χ3v) is 5.06. The Labute approximate surface area is 129 Å². The summed E-state index contributed by atoms with van der Waals surface area (Å²) in [5, 5.41) is 4.76. The summed E-state index contributed by atoms with van der Waals surface area (Å²) in [5.41, 5.74) is 2.98. The molecule has 1 aliphatic carbocycles. The van der Waals surface area contributed by atoms with E-state index >= 15 is 0 Å². The highest BCUT2D eigenvalue weighted by Gasteiger charge is 2.28. The van der Waals surface area contributed by atoms with Crippen LogP contribution in [0.25, 0.3) is 0 Å². The van der Waals surface area contributed by atoms with Crippen LogP contribution in [0.5, 0.6) is 0 Å². The van der Waals surface area contributed by atoms with Gasteiger partial charge in [-0.05, 0) is 50.3 Å². The number of hydrogen-bond acceptors (Lipinski definition) is 3. The van der Waals surface area contributed by atoms with Crippen LogP contribution >= 0.6 is 11.3 Å². The molecule has 3 rings (SSSR count). The molecular weight excluding hydrogens is 283 g/mol. The van der Waals surface area contributed by atoms with Crippen LogP contribution < -0.4 is 5.32 Å². The number of aromatic nitrogens is 1. The molecule has 0 saturated heterocycles. The second kappa shape index (κ2) is 5.85. The maximum atomic E-state index is 13.5. The van der Waals surface area contributed by atoms with E-state index in [4.69, 9.17) is 4.98 Å². The number of halogens is 1. The molecule has 21 heavy (non-hydrogen) atoms. The molecule has 112 valence electrons. The van der Waals surface area contributed by atoms with Gasteiger partial charge in [-0.25, -0.2) is 9.37 Å². The minimum absolute atomic E-state index is 0.0841. The van der Waals surface area contributed by atoms with Crippen molar-refractivity contribution in [3.05, 3.63) is 50.7 Å². The maximum absolute atomic E-state index is 13.5. The fourth-order valence-electron chi connectivity index (χ4n) is 2.55. The lowest BCUT2D eigenvalue weighted by molar-refractivity contribution is 0.588. The van der Waals surface area contributed by atoms with Gasteiger partial charge in [0.05, 0.1) is 11.7 Å². The van der Waals surface area contributed by atoms with E-state index in [9.17, 15) is 4.39 Å². The fraction of sp³-hybridized carbons (Fsp3) is 0.471. The van der Waals surface area contributed by atoms with E-state index in [2.05, 4.69) is 19.2 Å².